The van der Waals surface area contributed by atoms with E-state index in [1.54, 1.807) is 0 Å². The van der Waals surface area contributed by atoms with Gasteiger partial charge in [-0.2, -0.15) is 0 Å². The predicted molar refractivity (Wildman–Crippen MR) is 69.3 cm³/mol. The van der Waals surface area contributed by atoms with Crippen molar-refractivity contribution in [2.45, 2.75) is 44.8 Å². The number of carboxylic acids is 2. The van der Waals surface area contributed by atoms with Crippen molar-refractivity contribution in [1.82, 2.24) is 0 Å². The molecule has 0 aliphatic carbocycles. The first-order valence-corrected chi connectivity index (χ1v) is 6.39. The Balaban J connectivity index is 0. The lowest BCUT2D eigenvalue weighted by Gasteiger charge is -2.15. The molecule has 0 amide bonds. The molecule has 0 aromatic heterocycles. The van der Waals surface area contributed by atoms with Gasteiger partial charge in [-0.25, -0.2) is 9.59 Å². The topological polar surface area (TPSA) is 145 Å². The van der Waals surface area contributed by atoms with Crippen molar-refractivity contribution in [3.05, 3.63) is 0 Å². The summed E-state index contributed by atoms with van der Waals surface area (Å²) in [5.74, 6) is -3.08. The van der Waals surface area contributed by atoms with Crippen LogP contribution in [0.4, 0.5) is 0 Å². The van der Waals surface area contributed by atoms with Crippen molar-refractivity contribution in [2.24, 2.45) is 0 Å². The van der Waals surface area contributed by atoms with E-state index in [1.165, 1.54) is 0 Å². The van der Waals surface area contributed by atoms with Crippen LogP contribution in [0, 0.1) is 0 Å². The van der Waals surface area contributed by atoms with Crippen LogP contribution >= 0.6 is 0 Å². The molecule has 2 unspecified atom stereocenters. The lowest BCUT2D eigenvalue weighted by atomic mass is 10.2. The van der Waals surface area contributed by atoms with E-state index in [2.05, 4.69) is 0 Å². The van der Waals surface area contributed by atoms with Crippen LogP contribution in [0.25, 0.3) is 0 Å². The van der Waals surface area contributed by atoms with Gasteiger partial charge in [0.25, 0.3) is 0 Å². The number of aliphatic carboxylic acids is 2. The first kappa shape index (κ1) is 21.1. The molecule has 0 aliphatic rings. The molecule has 0 heterocycles. The number of carboxylic acid groups (broad SMARTS) is 2. The van der Waals surface area contributed by atoms with E-state index in [0.29, 0.717) is 6.42 Å². The molecule has 0 aromatic carbocycles. The number of hydrogen-bond donors (Lipinski definition) is 5. The fourth-order valence-electron chi connectivity index (χ4n) is 1.01. The molecular formula is C12H24O8. The molecule has 0 radical (unpaired) electrons. The van der Waals surface area contributed by atoms with Gasteiger partial charge in [-0.05, 0) is 19.3 Å². The summed E-state index contributed by atoms with van der Waals surface area (Å²) >= 11 is 0. The molecule has 2 atom stereocenters. The van der Waals surface area contributed by atoms with E-state index in [1.807, 2.05) is 6.92 Å². The van der Waals surface area contributed by atoms with Crippen LogP contribution in [-0.2, 0) is 14.3 Å². The van der Waals surface area contributed by atoms with Gasteiger partial charge >= 0.3 is 11.9 Å². The van der Waals surface area contributed by atoms with E-state index in [-0.39, 0.29) is 19.8 Å². The Morgan fingerprint density at radius 1 is 1.00 bits per heavy atom. The summed E-state index contributed by atoms with van der Waals surface area (Å²) in [4.78, 5) is 20.8. The van der Waals surface area contributed by atoms with Crippen molar-refractivity contribution >= 4 is 11.9 Å². The van der Waals surface area contributed by atoms with Gasteiger partial charge in [0.05, 0.1) is 0 Å². The lowest BCUT2D eigenvalue weighted by molar-refractivity contribution is -0.171. The van der Waals surface area contributed by atoms with Gasteiger partial charge in [0.15, 0.2) is 12.2 Å². The van der Waals surface area contributed by atoms with Crippen LogP contribution in [0.15, 0.2) is 0 Å². The van der Waals surface area contributed by atoms with Crippen LogP contribution in [0.3, 0.4) is 0 Å². The van der Waals surface area contributed by atoms with Crippen molar-refractivity contribution in [3.63, 3.8) is 0 Å². The van der Waals surface area contributed by atoms with Crippen molar-refractivity contribution in [2.75, 3.05) is 19.8 Å². The Labute approximate surface area is 117 Å². The Morgan fingerprint density at radius 3 is 1.80 bits per heavy atom. The van der Waals surface area contributed by atoms with Gasteiger partial charge in [0.2, 0.25) is 0 Å². The minimum atomic E-state index is -2.02. The molecule has 0 saturated carbocycles. The zero-order chi connectivity index (χ0) is 16.0. The van der Waals surface area contributed by atoms with E-state index >= 15 is 0 Å². The molecule has 0 saturated heterocycles. The zero-order valence-corrected chi connectivity index (χ0v) is 11.6. The SMILES string of the molecule is CCCCOC(C(=O)O)C(O)C(=O)O.OCCCCO. The average molecular weight is 296 g/mol. The minimum Gasteiger partial charge on any atom is -0.479 e. The van der Waals surface area contributed by atoms with Crippen molar-refractivity contribution in [3.8, 4) is 0 Å². The second-order valence-corrected chi connectivity index (χ2v) is 3.92. The highest BCUT2D eigenvalue weighted by Gasteiger charge is 2.32. The Bertz CT molecular complexity index is 252. The molecule has 120 valence electrons. The molecule has 0 fully saturated rings. The summed E-state index contributed by atoms with van der Waals surface area (Å²) in [6, 6.07) is 0. The summed E-state index contributed by atoms with van der Waals surface area (Å²) < 4.78 is 4.74. The maximum absolute atomic E-state index is 10.5. The van der Waals surface area contributed by atoms with Gasteiger partial charge in [-0.15, -0.1) is 0 Å². The van der Waals surface area contributed by atoms with Crippen molar-refractivity contribution < 1.29 is 39.9 Å². The first-order valence-electron chi connectivity index (χ1n) is 6.39. The molecule has 8 heteroatoms. The maximum Gasteiger partial charge on any atom is 0.336 e. The number of ether oxygens (including phenoxy) is 1. The van der Waals surface area contributed by atoms with Crippen LogP contribution in [-0.4, -0.2) is 69.5 Å². The highest BCUT2D eigenvalue weighted by molar-refractivity contribution is 5.83. The third-order valence-corrected chi connectivity index (χ3v) is 2.14. The Hall–Kier alpha value is -1.22. The van der Waals surface area contributed by atoms with E-state index in [0.717, 1.165) is 19.3 Å². The van der Waals surface area contributed by atoms with Crippen LogP contribution in [0.1, 0.15) is 32.6 Å². The van der Waals surface area contributed by atoms with Gasteiger partial charge in [0, 0.05) is 19.8 Å². The number of carbonyl (C=O) groups is 2. The second-order valence-electron chi connectivity index (χ2n) is 3.92. The van der Waals surface area contributed by atoms with E-state index in [9.17, 15) is 9.59 Å². The van der Waals surface area contributed by atoms with E-state index < -0.39 is 24.1 Å². The number of rotatable bonds is 10. The summed E-state index contributed by atoms with van der Waals surface area (Å²) in [5.41, 5.74) is 0. The third-order valence-electron chi connectivity index (χ3n) is 2.14. The largest absolute Gasteiger partial charge is 0.479 e. The van der Waals surface area contributed by atoms with Crippen LogP contribution < -0.4 is 0 Å². The molecule has 5 N–H and O–H groups in total. The fourth-order valence-corrected chi connectivity index (χ4v) is 1.01. The molecule has 20 heavy (non-hydrogen) atoms. The highest BCUT2D eigenvalue weighted by Crippen LogP contribution is 2.02. The van der Waals surface area contributed by atoms with Crippen LogP contribution in [0.2, 0.25) is 0 Å². The monoisotopic (exact) mass is 296 g/mol. The van der Waals surface area contributed by atoms with Gasteiger partial charge in [-0.3, -0.25) is 0 Å². The quantitative estimate of drug-likeness (QED) is 0.338. The minimum absolute atomic E-state index is 0.123. The normalized spacial score (nSPS) is 13.0. The Morgan fingerprint density at radius 2 is 1.50 bits per heavy atom. The van der Waals surface area contributed by atoms with Gasteiger partial charge in [-0.1, -0.05) is 13.3 Å². The molecule has 0 aliphatic heterocycles. The average Bonchev–Trinajstić information content (AvgIpc) is 2.41. The van der Waals surface area contributed by atoms with Crippen molar-refractivity contribution in [1.29, 1.82) is 0 Å². The summed E-state index contributed by atoms with van der Waals surface area (Å²) in [6.07, 6.45) is -0.859. The maximum atomic E-state index is 10.5. The van der Waals surface area contributed by atoms with Crippen LogP contribution in [0.5, 0.6) is 0 Å². The molecule has 0 spiro atoms. The summed E-state index contributed by atoms with van der Waals surface area (Å²) in [5, 5.41) is 42.0. The molecular weight excluding hydrogens is 272 g/mol. The standard InChI is InChI=1S/C8H14O6.C4H10O2/c1-2-3-4-14-6(8(12)13)5(9)7(10)11;5-3-1-2-4-6/h5-6,9H,2-4H2,1H3,(H,10,11)(H,12,13);5-6H,1-4H2. The highest BCUT2D eigenvalue weighted by atomic mass is 16.5. The number of hydrogen-bond acceptors (Lipinski definition) is 6. The predicted octanol–water partition coefficient (Wildman–Crippen LogP) is -0.547. The van der Waals surface area contributed by atoms with Gasteiger partial charge < -0.3 is 30.3 Å². The molecule has 0 bridgehead atoms. The smallest absolute Gasteiger partial charge is 0.336 e. The number of aliphatic hydroxyl groups excluding tert-OH is 3. The second kappa shape index (κ2) is 14.2. The fraction of sp³-hybridized carbons (Fsp3) is 0.833. The summed E-state index contributed by atoms with van der Waals surface area (Å²) in [7, 11) is 0. The molecule has 0 aromatic rings. The van der Waals surface area contributed by atoms with Gasteiger partial charge in [0.1, 0.15) is 0 Å². The number of unbranched alkanes of at least 4 members (excludes halogenated alkanes) is 2. The third kappa shape index (κ3) is 11.8. The first-order chi connectivity index (χ1) is 9.42. The Kier molecular flexibility index (Phi) is 15.0. The lowest BCUT2D eigenvalue weighted by Crippen LogP contribution is -2.41. The summed E-state index contributed by atoms with van der Waals surface area (Å²) in [6.45, 7) is 2.39. The van der Waals surface area contributed by atoms with E-state index in [4.69, 9.17) is 30.3 Å². The molecule has 0 rings (SSSR count). The zero-order valence-electron chi connectivity index (χ0n) is 11.6. The number of aliphatic hydroxyl groups is 3. The molecule has 8 nitrogen and oxygen atoms in total.